The molecular weight excluding hydrogens is 232 g/mol. The fourth-order valence-electron chi connectivity index (χ4n) is 2.17. The first-order chi connectivity index (χ1) is 8.56. The average molecular weight is 244 g/mol. The highest BCUT2D eigenvalue weighted by Crippen LogP contribution is 2.40. The second-order valence-corrected chi connectivity index (χ2v) is 4.85. The van der Waals surface area contributed by atoms with Gasteiger partial charge in [0.2, 0.25) is 0 Å². The van der Waals surface area contributed by atoms with Crippen molar-refractivity contribution in [1.29, 1.82) is 0 Å². The predicted octanol–water partition coefficient (Wildman–Crippen LogP) is 1.06. The average Bonchev–Trinajstić information content (AvgIpc) is 3.06. The molecule has 1 aliphatic carbocycles. The van der Waals surface area contributed by atoms with E-state index in [1.807, 2.05) is 6.92 Å². The van der Waals surface area contributed by atoms with Gasteiger partial charge in [0.15, 0.2) is 5.78 Å². The molecule has 0 spiro atoms. The van der Waals surface area contributed by atoms with Crippen LogP contribution < -0.4 is 11.1 Å². The molecule has 92 valence electrons. The fourth-order valence-corrected chi connectivity index (χ4v) is 2.17. The Balaban J connectivity index is 2.11. The second-order valence-electron chi connectivity index (χ2n) is 4.85. The first-order valence-corrected chi connectivity index (χ1v) is 5.87. The lowest BCUT2D eigenvalue weighted by molar-refractivity contribution is 0.0962. The Labute approximate surface area is 102 Å². The van der Waals surface area contributed by atoms with E-state index in [4.69, 9.17) is 0 Å². The second kappa shape index (κ2) is 3.66. The molecule has 2 N–H and O–H groups in total. The number of benzene rings is 1. The van der Waals surface area contributed by atoms with Crippen molar-refractivity contribution in [3.8, 4) is 0 Å². The van der Waals surface area contributed by atoms with E-state index in [1.54, 1.807) is 18.2 Å². The van der Waals surface area contributed by atoms with Gasteiger partial charge in [0, 0.05) is 11.5 Å². The van der Waals surface area contributed by atoms with Crippen LogP contribution >= 0.6 is 0 Å². The largest absolute Gasteiger partial charge is 0.316 e. The van der Waals surface area contributed by atoms with Gasteiger partial charge in [-0.2, -0.15) is 0 Å². The maximum absolute atomic E-state index is 12.0. The zero-order chi connectivity index (χ0) is 12.9. The van der Waals surface area contributed by atoms with Crippen LogP contribution in [0.2, 0.25) is 0 Å². The highest BCUT2D eigenvalue weighted by molar-refractivity contribution is 6.01. The van der Waals surface area contributed by atoms with Gasteiger partial charge in [-0.25, -0.2) is 0 Å². The normalized spacial score (nSPS) is 22.1. The summed E-state index contributed by atoms with van der Waals surface area (Å²) in [5, 5.41) is 0. The Morgan fingerprint density at radius 3 is 2.39 bits per heavy atom. The van der Waals surface area contributed by atoms with Gasteiger partial charge in [-0.3, -0.25) is 14.4 Å². The van der Waals surface area contributed by atoms with Gasteiger partial charge >= 0.3 is 11.1 Å². The fraction of sp³-hybridized carbons (Fsp3) is 0.308. The van der Waals surface area contributed by atoms with Crippen LogP contribution in [0, 0.1) is 11.8 Å². The molecule has 0 saturated heterocycles. The van der Waals surface area contributed by atoms with Gasteiger partial charge in [-0.15, -0.1) is 0 Å². The maximum atomic E-state index is 12.0. The third-order valence-corrected chi connectivity index (χ3v) is 3.45. The molecule has 2 atom stereocenters. The molecule has 18 heavy (non-hydrogen) atoms. The third kappa shape index (κ3) is 1.68. The highest BCUT2D eigenvalue weighted by atomic mass is 16.2. The summed E-state index contributed by atoms with van der Waals surface area (Å²) < 4.78 is 0. The van der Waals surface area contributed by atoms with Gasteiger partial charge in [0.25, 0.3) is 0 Å². The molecule has 1 fully saturated rings. The summed E-state index contributed by atoms with van der Waals surface area (Å²) in [4.78, 5) is 39.4. The van der Waals surface area contributed by atoms with Gasteiger partial charge in [-0.05, 0) is 30.5 Å². The molecule has 1 saturated carbocycles. The van der Waals surface area contributed by atoms with Crippen LogP contribution in [-0.4, -0.2) is 15.8 Å². The van der Waals surface area contributed by atoms with Crippen molar-refractivity contribution < 1.29 is 4.79 Å². The Morgan fingerprint density at radius 1 is 1.17 bits per heavy atom. The van der Waals surface area contributed by atoms with E-state index in [1.165, 1.54) is 0 Å². The summed E-state index contributed by atoms with van der Waals surface area (Å²) in [7, 11) is 0. The van der Waals surface area contributed by atoms with Crippen molar-refractivity contribution in [3.05, 3.63) is 44.5 Å². The number of hydrogen-bond donors (Lipinski definition) is 2. The van der Waals surface area contributed by atoms with E-state index >= 15 is 0 Å². The van der Waals surface area contributed by atoms with Crippen molar-refractivity contribution >= 4 is 16.8 Å². The van der Waals surface area contributed by atoms with Gasteiger partial charge < -0.3 is 9.97 Å². The topological polar surface area (TPSA) is 82.8 Å². The summed E-state index contributed by atoms with van der Waals surface area (Å²) in [6.07, 6.45) is 0.930. The van der Waals surface area contributed by atoms with E-state index in [2.05, 4.69) is 9.97 Å². The zero-order valence-corrected chi connectivity index (χ0v) is 9.82. The van der Waals surface area contributed by atoms with Crippen molar-refractivity contribution in [2.75, 3.05) is 0 Å². The number of fused-ring (bicyclic) bond motifs is 1. The molecule has 2 aromatic rings. The van der Waals surface area contributed by atoms with E-state index < -0.39 is 11.1 Å². The molecule has 3 rings (SSSR count). The molecule has 0 radical (unpaired) electrons. The quantitative estimate of drug-likeness (QED) is 0.612. The first-order valence-electron chi connectivity index (χ1n) is 5.87. The number of rotatable bonds is 2. The zero-order valence-electron chi connectivity index (χ0n) is 9.82. The lowest BCUT2D eigenvalue weighted by atomic mass is 10.1. The van der Waals surface area contributed by atoms with Crippen molar-refractivity contribution in [2.45, 2.75) is 13.3 Å². The Morgan fingerprint density at radius 2 is 1.78 bits per heavy atom. The van der Waals surface area contributed by atoms with E-state index in [0.717, 1.165) is 6.42 Å². The number of Topliss-reactive ketones (excluding diaryl/α,β-unsaturated/α-hetero) is 1. The Hall–Kier alpha value is -2.17. The number of ketones is 1. The van der Waals surface area contributed by atoms with E-state index in [0.29, 0.717) is 22.5 Å². The molecule has 2 unspecified atom stereocenters. The Kier molecular flexibility index (Phi) is 2.23. The van der Waals surface area contributed by atoms with Crippen molar-refractivity contribution in [3.63, 3.8) is 0 Å². The van der Waals surface area contributed by atoms with Gasteiger partial charge in [0.05, 0.1) is 11.0 Å². The third-order valence-electron chi connectivity index (χ3n) is 3.45. The number of hydrogen-bond acceptors (Lipinski definition) is 3. The number of H-pyrrole nitrogens is 2. The number of aromatic nitrogens is 2. The van der Waals surface area contributed by atoms with Crippen LogP contribution in [0.3, 0.4) is 0 Å². The smallest absolute Gasteiger partial charge is 0.314 e. The number of carbonyl (C=O) groups is 1. The summed E-state index contributed by atoms with van der Waals surface area (Å²) in [5.74, 6) is 0.663. The minimum atomic E-state index is -0.702. The molecule has 0 bridgehead atoms. The van der Waals surface area contributed by atoms with Crippen LogP contribution in [0.15, 0.2) is 27.8 Å². The van der Waals surface area contributed by atoms with Crippen LogP contribution in [0.1, 0.15) is 23.7 Å². The summed E-state index contributed by atoms with van der Waals surface area (Å²) >= 11 is 0. The van der Waals surface area contributed by atoms with E-state index in [9.17, 15) is 14.4 Å². The summed E-state index contributed by atoms with van der Waals surface area (Å²) in [6.45, 7) is 2.04. The number of nitrogens with one attached hydrogen (secondary N) is 2. The standard InChI is InChI=1S/C13H12N2O3/c1-6-4-8(6)11(16)7-2-3-9-10(5-7)15-13(18)12(17)14-9/h2-3,5-6,8H,4H2,1H3,(H,14,17)(H,15,18). The Bertz CT molecular complexity index is 757. The number of aromatic amines is 2. The molecule has 0 amide bonds. The molecular formula is C13H12N2O3. The monoisotopic (exact) mass is 244 g/mol. The SMILES string of the molecule is CC1CC1C(=O)c1ccc2[nH]c(=O)c(=O)[nH]c2c1. The van der Waals surface area contributed by atoms with Gasteiger partial charge in [0.1, 0.15) is 0 Å². The molecule has 0 aliphatic heterocycles. The first kappa shape index (κ1) is 11.0. The molecule has 1 aromatic carbocycles. The van der Waals surface area contributed by atoms with Crippen LogP contribution in [0.5, 0.6) is 0 Å². The molecule has 1 heterocycles. The summed E-state index contributed by atoms with van der Waals surface area (Å²) in [5.41, 5.74) is 0.211. The molecule has 1 aromatic heterocycles. The predicted molar refractivity (Wildman–Crippen MR) is 66.8 cm³/mol. The minimum absolute atomic E-state index is 0.108. The van der Waals surface area contributed by atoms with Crippen molar-refractivity contribution in [2.24, 2.45) is 11.8 Å². The van der Waals surface area contributed by atoms with E-state index in [-0.39, 0.29) is 11.7 Å². The molecule has 5 heteroatoms. The van der Waals surface area contributed by atoms with Crippen molar-refractivity contribution in [1.82, 2.24) is 9.97 Å². The molecule has 5 nitrogen and oxygen atoms in total. The van der Waals surface area contributed by atoms with Gasteiger partial charge in [-0.1, -0.05) is 6.92 Å². The maximum Gasteiger partial charge on any atom is 0.314 e. The minimum Gasteiger partial charge on any atom is -0.316 e. The number of carbonyl (C=O) groups excluding carboxylic acids is 1. The van der Waals surface area contributed by atoms with Crippen LogP contribution in [0.4, 0.5) is 0 Å². The highest BCUT2D eigenvalue weighted by Gasteiger charge is 2.39. The lowest BCUT2D eigenvalue weighted by Gasteiger charge is -2.02. The lowest BCUT2D eigenvalue weighted by Crippen LogP contribution is -2.28. The van der Waals surface area contributed by atoms with Crippen LogP contribution in [-0.2, 0) is 0 Å². The van der Waals surface area contributed by atoms with Crippen LogP contribution in [0.25, 0.3) is 11.0 Å². The summed E-state index contributed by atoms with van der Waals surface area (Å²) in [6, 6.07) is 4.96. The molecule has 1 aliphatic rings.